The molecule has 9 heteroatoms. The van der Waals surface area contributed by atoms with Crippen LogP contribution in [0.25, 0.3) is 0 Å². The minimum Gasteiger partial charge on any atom is -0.494 e. The van der Waals surface area contributed by atoms with Crippen molar-refractivity contribution in [1.82, 2.24) is 9.78 Å². The number of carbonyl (C=O) groups excluding carboxylic acids is 2. The third-order valence-electron chi connectivity index (χ3n) is 3.07. The molecule has 25 heavy (non-hydrogen) atoms. The van der Waals surface area contributed by atoms with E-state index in [0.29, 0.717) is 17.9 Å². The molecule has 0 atom stereocenters. The third-order valence-corrected chi connectivity index (χ3v) is 3.07. The van der Waals surface area contributed by atoms with Crippen LogP contribution < -0.4 is 4.74 Å². The Kier molecular flexibility index (Phi) is 5.79. The number of benzene rings is 1. The van der Waals surface area contributed by atoms with E-state index in [1.165, 1.54) is 12.1 Å². The molecule has 1 heterocycles. The van der Waals surface area contributed by atoms with Crippen molar-refractivity contribution in [3.63, 3.8) is 0 Å². The van der Waals surface area contributed by atoms with Crippen LogP contribution in [0.4, 0.5) is 13.2 Å². The monoisotopic (exact) mass is 356 g/mol. The lowest BCUT2D eigenvalue weighted by Gasteiger charge is -2.06. The van der Waals surface area contributed by atoms with E-state index in [4.69, 9.17) is 9.47 Å². The van der Waals surface area contributed by atoms with Gasteiger partial charge in [0.2, 0.25) is 0 Å². The topological polar surface area (TPSA) is 70.4 Å². The number of ketones is 1. The van der Waals surface area contributed by atoms with Crippen molar-refractivity contribution >= 4 is 11.8 Å². The molecular formula is C16H15F3N2O4. The smallest absolute Gasteiger partial charge is 0.435 e. The maximum absolute atomic E-state index is 12.4. The number of rotatable bonds is 7. The van der Waals surface area contributed by atoms with Crippen molar-refractivity contribution in [1.29, 1.82) is 0 Å². The molecule has 134 valence electrons. The lowest BCUT2D eigenvalue weighted by Crippen LogP contribution is -2.19. The molecule has 0 aliphatic rings. The summed E-state index contributed by atoms with van der Waals surface area (Å²) in [5.41, 5.74) is -0.777. The van der Waals surface area contributed by atoms with E-state index in [2.05, 4.69) is 5.10 Å². The molecule has 1 aromatic carbocycles. The van der Waals surface area contributed by atoms with Crippen molar-refractivity contribution in [2.45, 2.75) is 19.6 Å². The predicted octanol–water partition coefficient (Wildman–Crippen LogP) is 2.73. The Morgan fingerprint density at radius 1 is 1.16 bits per heavy atom. The summed E-state index contributed by atoms with van der Waals surface area (Å²) in [5.74, 6) is -0.695. The van der Waals surface area contributed by atoms with Gasteiger partial charge in [-0.15, -0.1) is 0 Å². The van der Waals surface area contributed by atoms with E-state index >= 15 is 0 Å². The Hall–Kier alpha value is -2.84. The van der Waals surface area contributed by atoms with Crippen LogP contribution in [0.2, 0.25) is 0 Å². The van der Waals surface area contributed by atoms with Crippen LogP contribution in [0.15, 0.2) is 36.5 Å². The highest BCUT2D eigenvalue weighted by Gasteiger charge is 2.33. The Morgan fingerprint density at radius 3 is 2.40 bits per heavy atom. The normalized spacial score (nSPS) is 11.2. The van der Waals surface area contributed by atoms with Crippen molar-refractivity contribution in [3.05, 3.63) is 47.8 Å². The lowest BCUT2D eigenvalue weighted by atomic mass is 10.1. The van der Waals surface area contributed by atoms with Gasteiger partial charge >= 0.3 is 12.1 Å². The molecule has 0 aliphatic heterocycles. The van der Waals surface area contributed by atoms with Gasteiger partial charge in [-0.2, -0.15) is 18.3 Å². The molecule has 2 rings (SSSR count). The predicted molar refractivity (Wildman–Crippen MR) is 80.1 cm³/mol. The zero-order valence-electron chi connectivity index (χ0n) is 13.2. The molecule has 0 aliphatic carbocycles. The van der Waals surface area contributed by atoms with E-state index in [1.54, 1.807) is 12.1 Å². The van der Waals surface area contributed by atoms with Gasteiger partial charge in [0.1, 0.15) is 12.3 Å². The van der Waals surface area contributed by atoms with Gasteiger partial charge < -0.3 is 9.47 Å². The number of alkyl halides is 3. The molecule has 0 N–H and O–H groups in total. The van der Waals surface area contributed by atoms with Crippen LogP contribution in [0, 0.1) is 0 Å². The number of hydrogen-bond acceptors (Lipinski definition) is 5. The number of ether oxygens (including phenoxy) is 2. The van der Waals surface area contributed by atoms with E-state index in [9.17, 15) is 22.8 Å². The second-order valence-electron chi connectivity index (χ2n) is 4.94. The van der Waals surface area contributed by atoms with Gasteiger partial charge in [-0.3, -0.25) is 14.3 Å². The van der Waals surface area contributed by atoms with Gasteiger partial charge in [-0.25, -0.2) is 0 Å². The maximum atomic E-state index is 12.4. The van der Waals surface area contributed by atoms with Crippen LogP contribution >= 0.6 is 0 Å². The summed E-state index contributed by atoms with van der Waals surface area (Å²) < 4.78 is 48.1. The number of carbonyl (C=O) groups is 2. The minimum atomic E-state index is -4.58. The summed E-state index contributed by atoms with van der Waals surface area (Å²) in [4.78, 5) is 23.5. The van der Waals surface area contributed by atoms with Gasteiger partial charge in [0.05, 0.1) is 6.61 Å². The van der Waals surface area contributed by atoms with Crippen LogP contribution in [0.5, 0.6) is 5.75 Å². The van der Waals surface area contributed by atoms with Crippen LogP contribution in [0.3, 0.4) is 0 Å². The second-order valence-corrected chi connectivity index (χ2v) is 4.94. The quantitative estimate of drug-likeness (QED) is 0.564. The zero-order chi connectivity index (χ0) is 18.4. The van der Waals surface area contributed by atoms with E-state index in [-0.39, 0.29) is 0 Å². The molecule has 0 spiro atoms. The summed E-state index contributed by atoms with van der Waals surface area (Å²) in [6, 6.07) is 7.04. The van der Waals surface area contributed by atoms with Crippen molar-refractivity contribution in [2.75, 3.05) is 13.2 Å². The number of hydrogen-bond donors (Lipinski definition) is 0. The molecule has 0 saturated carbocycles. The van der Waals surface area contributed by atoms with E-state index in [0.717, 1.165) is 16.9 Å². The average molecular weight is 356 g/mol. The van der Waals surface area contributed by atoms with Crippen molar-refractivity contribution in [3.8, 4) is 5.75 Å². The first kappa shape index (κ1) is 18.5. The van der Waals surface area contributed by atoms with Crippen LogP contribution in [-0.4, -0.2) is 34.7 Å². The van der Waals surface area contributed by atoms with Gasteiger partial charge in [0.25, 0.3) is 0 Å². The highest BCUT2D eigenvalue weighted by atomic mass is 19.4. The SMILES string of the molecule is CCOc1ccc(C(=O)COC(=O)Cn2ccc(C(F)(F)F)n2)cc1. The first-order valence-corrected chi connectivity index (χ1v) is 7.32. The Balaban J connectivity index is 1.84. The standard InChI is InChI=1S/C16H15F3N2O4/c1-2-24-12-5-3-11(4-6-12)13(22)10-25-15(23)9-21-8-7-14(20-21)16(17,18)19/h3-8H,2,9-10H2,1H3. The minimum absolute atomic E-state index is 0.328. The fraction of sp³-hybridized carbons (Fsp3) is 0.312. The summed E-state index contributed by atoms with van der Waals surface area (Å²) in [7, 11) is 0. The van der Waals surface area contributed by atoms with E-state index in [1.807, 2.05) is 6.92 Å². The summed E-state index contributed by atoms with van der Waals surface area (Å²) in [6.07, 6.45) is -3.57. The van der Waals surface area contributed by atoms with Crippen molar-refractivity contribution < 1.29 is 32.2 Å². The molecule has 6 nitrogen and oxygen atoms in total. The first-order chi connectivity index (χ1) is 11.8. The number of Topliss-reactive ketones (excluding diaryl/α,β-unsaturated/α-hetero) is 1. The Labute approximate surface area is 141 Å². The molecule has 0 fully saturated rings. The fourth-order valence-corrected chi connectivity index (χ4v) is 1.91. The largest absolute Gasteiger partial charge is 0.494 e. The Morgan fingerprint density at radius 2 is 1.84 bits per heavy atom. The highest BCUT2D eigenvalue weighted by molar-refractivity contribution is 5.98. The van der Waals surface area contributed by atoms with Gasteiger partial charge in [-0.05, 0) is 37.3 Å². The van der Waals surface area contributed by atoms with Crippen LogP contribution in [0.1, 0.15) is 23.0 Å². The summed E-state index contributed by atoms with van der Waals surface area (Å²) in [5, 5.41) is 3.23. The van der Waals surface area contributed by atoms with Crippen molar-refractivity contribution in [2.24, 2.45) is 0 Å². The number of nitrogens with zero attached hydrogens (tertiary/aromatic N) is 2. The van der Waals surface area contributed by atoms with Gasteiger partial charge in [0, 0.05) is 11.8 Å². The third kappa shape index (κ3) is 5.33. The van der Waals surface area contributed by atoms with Crippen LogP contribution in [-0.2, 0) is 22.3 Å². The van der Waals surface area contributed by atoms with Gasteiger partial charge in [-0.1, -0.05) is 0 Å². The fourth-order valence-electron chi connectivity index (χ4n) is 1.91. The molecule has 0 amide bonds. The number of halogens is 3. The second kappa shape index (κ2) is 7.82. The molecule has 1 aromatic heterocycles. The maximum Gasteiger partial charge on any atom is 0.435 e. The average Bonchev–Trinajstić information content (AvgIpc) is 3.02. The lowest BCUT2D eigenvalue weighted by molar-refractivity contribution is -0.145. The molecule has 2 aromatic rings. The number of aromatic nitrogens is 2. The summed E-state index contributed by atoms with van der Waals surface area (Å²) in [6.45, 7) is 1.29. The molecule has 0 unspecified atom stereocenters. The summed E-state index contributed by atoms with van der Waals surface area (Å²) >= 11 is 0. The first-order valence-electron chi connectivity index (χ1n) is 7.32. The number of esters is 1. The van der Waals surface area contributed by atoms with Gasteiger partial charge in [0.15, 0.2) is 18.1 Å². The molecule has 0 saturated heterocycles. The Bertz CT molecular complexity index is 739. The molecule has 0 radical (unpaired) electrons. The molecular weight excluding hydrogens is 341 g/mol. The molecule has 0 bridgehead atoms. The highest BCUT2D eigenvalue weighted by Crippen LogP contribution is 2.27. The van der Waals surface area contributed by atoms with E-state index < -0.39 is 36.8 Å². The zero-order valence-corrected chi connectivity index (χ0v) is 13.2.